The Balaban J connectivity index is 2.46. The molecule has 0 atom stereocenters. The smallest absolute Gasteiger partial charge is 0.155 e. The van der Waals surface area contributed by atoms with Crippen LogP contribution < -0.4 is 0 Å². The van der Waals surface area contributed by atoms with Crippen molar-refractivity contribution in [2.45, 2.75) is 0 Å². The van der Waals surface area contributed by atoms with Gasteiger partial charge >= 0.3 is 0 Å². The van der Waals surface area contributed by atoms with Crippen LogP contribution in [0.1, 0.15) is 0 Å². The molecule has 2 aromatic rings. The molecule has 0 fully saturated rings. The van der Waals surface area contributed by atoms with Gasteiger partial charge in [0.25, 0.3) is 0 Å². The normalized spacial score (nSPS) is 9.82. The van der Waals surface area contributed by atoms with E-state index in [1.807, 2.05) is 30.3 Å². The van der Waals surface area contributed by atoms with Crippen LogP contribution in [0.3, 0.4) is 0 Å². The van der Waals surface area contributed by atoms with Gasteiger partial charge in [-0.2, -0.15) is 5.10 Å². The number of aromatic nitrogens is 3. The van der Waals surface area contributed by atoms with Crippen molar-refractivity contribution >= 4 is 0 Å². The molecule has 0 spiro atoms. The average Bonchev–Trinajstić information content (AvgIpc) is 2.58. The van der Waals surface area contributed by atoms with E-state index in [1.165, 1.54) is 6.33 Å². The third-order valence-electron chi connectivity index (χ3n) is 1.46. The van der Waals surface area contributed by atoms with Gasteiger partial charge in [-0.1, -0.05) is 30.3 Å². The van der Waals surface area contributed by atoms with Crippen LogP contribution in [0.5, 0.6) is 0 Å². The van der Waals surface area contributed by atoms with Gasteiger partial charge in [0, 0.05) is 5.56 Å². The Labute approximate surface area is 64.1 Å². The van der Waals surface area contributed by atoms with Crippen LogP contribution in [0, 0.1) is 0 Å². The summed E-state index contributed by atoms with van der Waals surface area (Å²) in [6.07, 6.45) is 1.50. The van der Waals surface area contributed by atoms with Crippen molar-refractivity contribution in [3.05, 3.63) is 36.7 Å². The Morgan fingerprint density at radius 2 is 1.91 bits per heavy atom. The number of aromatic amines is 1. The highest BCUT2D eigenvalue weighted by atomic mass is 15.2. The van der Waals surface area contributed by atoms with Crippen molar-refractivity contribution in [3.63, 3.8) is 0 Å². The van der Waals surface area contributed by atoms with E-state index >= 15 is 0 Å². The SMILES string of the molecule is c1ccc(-c2ncn[nH]2)cc1. The fourth-order valence-electron chi connectivity index (χ4n) is 0.941. The molecule has 0 aliphatic rings. The van der Waals surface area contributed by atoms with Crippen LogP contribution in [-0.2, 0) is 0 Å². The first kappa shape index (κ1) is 6.09. The fourth-order valence-corrected chi connectivity index (χ4v) is 0.941. The molecule has 0 unspecified atom stereocenters. The number of nitrogens with zero attached hydrogens (tertiary/aromatic N) is 2. The van der Waals surface area contributed by atoms with E-state index < -0.39 is 0 Å². The molecule has 0 radical (unpaired) electrons. The van der Waals surface area contributed by atoms with Gasteiger partial charge in [0.05, 0.1) is 0 Å². The molecule has 0 saturated heterocycles. The summed E-state index contributed by atoms with van der Waals surface area (Å²) in [6.45, 7) is 0. The molecule has 11 heavy (non-hydrogen) atoms. The Morgan fingerprint density at radius 1 is 1.09 bits per heavy atom. The minimum atomic E-state index is 0.811. The predicted molar refractivity (Wildman–Crippen MR) is 41.8 cm³/mol. The maximum Gasteiger partial charge on any atom is 0.155 e. The Bertz CT molecular complexity index is 312. The van der Waals surface area contributed by atoms with Crippen LogP contribution in [-0.4, -0.2) is 15.2 Å². The van der Waals surface area contributed by atoms with Gasteiger partial charge in [-0.05, 0) is 0 Å². The van der Waals surface area contributed by atoms with Gasteiger partial charge < -0.3 is 0 Å². The highest BCUT2D eigenvalue weighted by molar-refractivity contribution is 5.53. The molecule has 1 heterocycles. The van der Waals surface area contributed by atoms with Crippen molar-refractivity contribution in [1.29, 1.82) is 0 Å². The van der Waals surface area contributed by atoms with Crippen molar-refractivity contribution in [2.75, 3.05) is 0 Å². The van der Waals surface area contributed by atoms with Gasteiger partial charge in [-0.15, -0.1) is 0 Å². The summed E-state index contributed by atoms with van der Waals surface area (Å²) in [7, 11) is 0. The van der Waals surface area contributed by atoms with Crippen molar-refractivity contribution in [1.82, 2.24) is 15.2 Å². The lowest BCUT2D eigenvalue weighted by atomic mass is 10.2. The molecule has 2 rings (SSSR count). The van der Waals surface area contributed by atoms with E-state index in [1.54, 1.807) is 0 Å². The van der Waals surface area contributed by atoms with E-state index in [0.717, 1.165) is 11.4 Å². The molecule has 1 aromatic heterocycles. The number of hydrogen-bond acceptors (Lipinski definition) is 2. The molecular formula is C8H7N3. The molecule has 0 aliphatic heterocycles. The number of H-pyrrole nitrogens is 1. The van der Waals surface area contributed by atoms with Crippen LogP contribution in [0.2, 0.25) is 0 Å². The lowest BCUT2D eigenvalue weighted by molar-refractivity contribution is 1.10. The first-order chi connectivity index (χ1) is 5.47. The number of benzene rings is 1. The zero-order valence-electron chi connectivity index (χ0n) is 5.86. The topological polar surface area (TPSA) is 41.6 Å². The summed E-state index contributed by atoms with van der Waals surface area (Å²) >= 11 is 0. The van der Waals surface area contributed by atoms with Crippen LogP contribution in [0.4, 0.5) is 0 Å². The predicted octanol–water partition coefficient (Wildman–Crippen LogP) is 1.47. The van der Waals surface area contributed by atoms with Gasteiger partial charge in [0.1, 0.15) is 6.33 Å². The van der Waals surface area contributed by atoms with E-state index in [0.29, 0.717) is 0 Å². The first-order valence-corrected chi connectivity index (χ1v) is 3.37. The standard InChI is InChI=1S/C8H7N3/c1-2-4-7(5-3-1)8-9-6-10-11-8/h1-6H,(H,9,10,11). The second-order valence-corrected chi connectivity index (χ2v) is 2.20. The highest BCUT2D eigenvalue weighted by Gasteiger charge is 1.95. The molecule has 1 aromatic carbocycles. The Morgan fingerprint density at radius 3 is 2.55 bits per heavy atom. The van der Waals surface area contributed by atoms with Crippen molar-refractivity contribution in [2.24, 2.45) is 0 Å². The largest absolute Gasteiger partial charge is 0.259 e. The van der Waals surface area contributed by atoms with Crippen molar-refractivity contribution < 1.29 is 0 Å². The van der Waals surface area contributed by atoms with E-state index in [9.17, 15) is 0 Å². The monoisotopic (exact) mass is 145 g/mol. The first-order valence-electron chi connectivity index (χ1n) is 3.37. The van der Waals surface area contributed by atoms with Crippen molar-refractivity contribution in [3.8, 4) is 11.4 Å². The van der Waals surface area contributed by atoms with E-state index in [-0.39, 0.29) is 0 Å². The third-order valence-corrected chi connectivity index (χ3v) is 1.46. The quantitative estimate of drug-likeness (QED) is 0.660. The molecule has 0 saturated carbocycles. The maximum atomic E-state index is 4.02. The third kappa shape index (κ3) is 1.12. The summed E-state index contributed by atoms with van der Waals surface area (Å²) < 4.78 is 0. The van der Waals surface area contributed by atoms with Crippen LogP contribution in [0.25, 0.3) is 11.4 Å². The lowest BCUT2D eigenvalue weighted by Crippen LogP contribution is -1.78. The van der Waals surface area contributed by atoms with Gasteiger partial charge in [0.2, 0.25) is 0 Å². The average molecular weight is 145 g/mol. The number of nitrogens with one attached hydrogen (secondary N) is 1. The maximum absolute atomic E-state index is 4.02. The molecule has 3 nitrogen and oxygen atoms in total. The zero-order chi connectivity index (χ0) is 7.52. The van der Waals surface area contributed by atoms with Gasteiger partial charge in [0.15, 0.2) is 5.82 Å². The molecule has 54 valence electrons. The Kier molecular flexibility index (Phi) is 1.41. The van der Waals surface area contributed by atoms with E-state index in [2.05, 4.69) is 15.2 Å². The van der Waals surface area contributed by atoms with Gasteiger partial charge in [-0.25, -0.2) is 4.98 Å². The summed E-state index contributed by atoms with van der Waals surface area (Å²) in [6, 6.07) is 9.89. The molecular weight excluding hydrogens is 138 g/mol. The van der Waals surface area contributed by atoms with Crippen LogP contribution in [0.15, 0.2) is 36.7 Å². The summed E-state index contributed by atoms with van der Waals surface area (Å²) in [4.78, 5) is 4.02. The molecule has 0 amide bonds. The second kappa shape index (κ2) is 2.54. The van der Waals surface area contributed by atoms with E-state index in [4.69, 9.17) is 0 Å². The Hall–Kier alpha value is -1.64. The number of hydrogen-bond donors (Lipinski definition) is 1. The summed E-state index contributed by atoms with van der Waals surface area (Å²) in [5.74, 6) is 0.811. The number of rotatable bonds is 1. The minimum Gasteiger partial charge on any atom is -0.259 e. The van der Waals surface area contributed by atoms with Gasteiger partial charge in [-0.3, -0.25) is 5.10 Å². The molecule has 0 aliphatic carbocycles. The summed E-state index contributed by atoms with van der Waals surface area (Å²) in [5, 5.41) is 6.55. The summed E-state index contributed by atoms with van der Waals surface area (Å²) in [5.41, 5.74) is 1.06. The molecule has 3 heteroatoms. The lowest BCUT2D eigenvalue weighted by Gasteiger charge is -1.91. The molecule has 0 bridgehead atoms. The zero-order valence-corrected chi connectivity index (χ0v) is 5.86. The minimum absolute atomic E-state index is 0.811. The second-order valence-electron chi connectivity index (χ2n) is 2.20. The fraction of sp³-hybridized carbons (Fsp3) is 0. The molecule has 1 N–H and O–H groups in total. The van der Waals surface area contributed by atoms with Crippen LogP contribution >= 0.6 is 0 Å². The highest BCUT2D eigenvalue weighted by Crippen LogP contribution is 2.10.